The van der Waals surface area contributed by atoms with Gasteiger partial charge in [-0.05, 0) is 24.7 Å². The summed E-state index contributed by atoms with van der Waals surface area (Å²) in [6, 6.07) is 0. The average Bonchev–Trinajstić information content (AvgIpc) is 3.12. The number of nitrogens with zero attached hydrogens (tertiary/aromatic N) is 2. The van der Waals surface area contributed by atoms with Gasteiger partial charge in [-0.15, -0.1) is 10.2 Å². The van der Waals surface area contributed by atoms with Gasteiger partial charge >= 0.3 is 5.97 Å². The summed E-state index contributed by atoms with van der Waals surface area (Å²) in [6.45, 7) is 1.97. The van der Waals surface area contributed by atoms with Crippen molar-refractivity contribution in [3.8, 4) is 0 Å². The van der Waals surface area contributed by atoms with E-state index in [0.717, 1.165) is 17.8 Å². The molecule has 1 fully saturated rings. The van der Waals surface area contributed by atoms with Gasteiger partial charge in [0.05, 0.1) is 11.8 Å². The van der Waals surface area contributed by atoms with Crippen LogP contribution < -0.4 is 5.32 Å². The molecule has 3 rings (SSSR count). The van der Waals surface area contributed by atoms with E-state index < -0.39 is 17.8 Å². The van der Waals surface area contributed by atoms with Crippen molar-refractivity contribution in [2.45, 2.75) is 19.8 Å². The van der Waals surface area contributed by atoms with Crippen molar-refractivity contribution < 1.29 is 14.7 Å². The van der Waals surface area contributed by atoms with Crippen molar-refractivity contribution in [2.75, 3.05) is 5.32 Å². The van der Waals surface area contributed by atoms with E-state index in [1.54, 1.807) is 0 Å². The van der Waals surface area contributed by atoms with Crippen molar-refractivity contribution in [3.05, 3.63) is 17.2 Å². The molecule has 1 amide bonds. The van der Waals surface area contributed by atoms with Crippen molar-refractivity contribution in [1.82, 2.24) is 10.2 Å². The smallest absolute Gasteiger partial charge is 0.307 e. The maximum Gasteiger partial charge on any atom is 0.307 e. The fraction of sp³-hybridized carbons (Fsp3) is 0.538. The molecule has 0 saturated heterocycles. The van der Waals surface area contributed by atoms with E-state index >= 15 is 0 Å². The summed E-state index contributed by atoms with van der Waals surface area (Å²) in [5, 5.41) is 21.2. The number of carbonyl (C=O) groups is 2. The zero-order valence-corrected chi connectivity index (χ0v) is 11.8. The summed E-state index contributed by atoms with van der Waals surface area (Å²) < 4.78 is 0. The van der Waals surface area contributed by atoms with Crippen LogP contribution in [0.15, 0.2) is 12.2 Å². The van der Waals surface area contributed by atoms with Crippen LogP contribution in [0.1, 0.15) is 18.4 Å². The predicted octanol–water partition coefficient (Wildman–Crippen LogP) is 1.56. The molecule has 4 atom stereocenters. The molecule has 2 aliphatic rings. The van der Waals surface area contributed by atoms with Crippen LogP contribution in [0, 0.1) is 23.7 Å². The highest BCUT2D eigenvalue weighted by Gasteiger charge is 2.51. The third-order valence-electron chi connectivity index (χ3n) is 4.05. The number of carbonyl (C=O) groups excluding carboxylic acids is 1. The monoisotopic (exact) mass is 293 g/mol. The Labute approximate surface area is 119 Å². The summed E-state index contributed by atoms with van der Waals surface area (Å²) in [5.41, 5.74) is 0. The largest absolute Gasteiger partial charge is 0.481 e. The number of hydrogen-bond acceptors (Lipinski definition) is 5. The molecule has 0 radical (unpaired) electrons. The zero-order chi connectivity index (χ0) is 14.3. The van der Waals surface area contributed by atoms with Gasteiger partial charge in [0.15, 0.2) is 0 Å². The molecule has 1 aromatic heterocycles. The maximum absolute atomic E-state index is 12.3. The summed E-state index contributed by atoms with van der Waals surface area (Å²) in [6.07, 6.45) is 5.41. The Morgan fingerprint density at radius 1 is 1.35 bits per heavy atom. The Morgan fingerprint density at radius 2 is 2.05 bits per heavy atom. The quantitative estimate of drug-likeness (QED) is 0.822. The molecule has 0 aromatic carbocycles. The van der Waals surface area contributed by atoms with Crippen LogP contribution >= 0.6 is 11.3 Å². The fourth-order valence-electron chi connectivity index (χ4n) is 3.15. The van der Waals surface area contributed by atoms with Crippen LogP contribution in [-0.2, 0) is 16.0 Å². The standard InChI is InChI=1S/C13H15N3O3S/c1-2-8-15-16-13(20-8)14-11(17)9-6-3-4-7(5-6)10(9)12(18)19/h3-4,6-7,9-10H,2,5H2,1H3,(H,18,19)(H,14,16,17)/t6-,7+,9+,10+/m1/s1. The Morgan fingerprint density at radius 3 is 2.65 bits per heavy atom. The van der Waals surface area contributed by atoms with Crippen LogP contribution in [0.4, 0.5) is 5.13 Å². The molecule has 2 bridgehead atoms. The highest BCUT2D eigenvalue weighted by atomic mass is 32.1. The molecular formula is C13H15N3O3S. The van der Waals surface area contributed by atoms with E-state index in [-0.39, 0.29) is 17.7 Å². The number of aromatic nitrogens is 2. The number of anilines is 1. The molecule has 0 aliphatic heterocycles. The van der Waals surface area contributed by atoms with E-state index in [0.29, 0.717) is 5.13 Å². The van der Waals surface area contributed by atoms with Gasteiger partial charge in [0.2, 0.25) is 11.0 Å². The number of rotatable bonds is 4. The van der Waals surface area contributed by atoms with Crippen molar-refractivity contribution >= 4 is 28.3 Å². The minimum Gasteiger partial charge on any atom is -0.481 e. The first-order valence-corrected chi connectivity index (χ1v) is 7.46. The molecule has 20 heavy (non-hydrogen) atoms. The second kappa shape index (κ2) is 4.97. The van der Waals surface area contributed by atoms with Crippen molar-refractivity contribution in [1.29, 1.82) is 0 Å². The lowest BCUT2D eigenvalue weighted by Gasteiger charge is -2.23. The van der Waals surface area contributed by atoms with Crippen LogP contribution in [0.2, 0.25) is 0 Å². The molecule has 0 spiro atoms. The van der Waals surface area contributed by atoms with Crippen LogP contribution in [0.3, 0.4) is 0 Å². The van der Waals surface area contributed by atoms with Gasteiger partial charge in [-0.1, -0.05) is 30.4 Å². The molecule has 1 aromatic rings. The van der Waals surface area contributed by atoms with Gasteiger partial charge in [0, 0.05) is 0 Å². The van der Waals surface area contributed by atoms with Crippen LogP contribution in [-0.4, -0.2) is 27.2 Å². The van der Waals surface area contributed by atoms with E-state index in [1.165, 1.54) is 11.3 Å². The van der Waals surface area contributed by atoms with E-state index in [4.69, 9.17) is 0 Å². The third-order valence-corrected chi connectivity index (χ3v) is 5.03. The number of carboxylic acids is 1. The molecule has 0 unspecified atom stereocenters. The molecule has 2 N–H and O–H groups in total. The molecule has 7 heteroatoms. The lowest BCUT2D eigenvalue weighted by Crippen LogP contribution is -2.36. The zero-order valence-electron chi connectivity index (χ0n) is 10.9. The highest BCUT2D eigenvalue weighted by molar-refractivity contribution is 7.15. The first kappa shape index (κ1) is 13.2. The molecule has 1 saturated carbocycles. The Balaban J connectivity index is 1.76. The maximum atomic E-state index is 12.3. The number of nitrogens with one attached hydrogen (secondary N) is 1. The van der Waals surface area contributed by atoms with Crippen LogP contribution in [0.5, 0.6) is 0 Å². The average molecular weight is 293 g/mol. The minimum absolute atomic E-state index is 0.0196. The third kappa shape index (κ3) is 2.11. The SMILES string of the molecule is CCc1nnc(NC(=O)[C@@H]2[C@@H](C(=O)O)[C@H]3C=C[C@@H]2C3)s1. The number of carboxylic acid groups (broad SMARTS) is 1. The number of aryl methyl sites for hydroxylation is 1. The summed E-state index contributed by atoms with van der Waals surface area (Å²) in [4.78, 5) is 23.7. The Bertz CT molecular complexity index is 583. The van der Waals surface area contributed by atoms with Crippen molar-refractivity contribution in [3.63, 3.8) is 0 Å². The molecule has 2 aliphatic carbocycles. The van der Waals surface area contributed by atoms with Gasteiger partial charge in [-0.25, -0.2) is 0 Å². The summed E-state index contributed by atoms with van der Waals surface area (Å²) in [5.74, 6) is -2.27. The first-order chi connectivity index (χ1) is 9.60. The molecule has 6 nitrogen and oxygen atoms in total. The Hall–Kier alpha value is -1.76. The van der Waals surface area contributed by atoms with Gasteiger partial charge in [0.25, 0.3) is 0 Å². The summed E-state index contributed by atoms with van der Waals surface area (Å²) >= 11 is 1.33. The molecule has 1 heterocycles. The second-order valence-corrected chi connectivity index (χ2v) is 6.24. The van der Waals surface area contributed by atoms with Gasteiger partial charge in [-0.3, -0.25) is 9.59 Å². The fourth-order valence-corrected chi connectivity index (χ4v) is 3.83. The summed E-state index contributed by atoms with van der Waals surface area (Å²) in [7, 11) is 0. The lowest BCUT2D eigenvalue weighted by atomic mass is 9.82. The Kier molecular flexibility index (Phi) is 3.29. The predicted molar refractivity (Wildman–Crippen MR) is 73.3 cm³/mol. The van der Waals surface area contributed by atoms with E-state index in [9.17, 15) is 14.7 Å². The molecular weight excluding hydrogens is 278 g/mol. The number of amides is 1. The number of allylic oxidation sites excluding steroid dienone is 2. The van der Waals surface area contributed by atoms with E-state index in [2.05, 4.69) is 15.5 Å². The topological polar surface area (TPSA) is 92.2 Å². The normalized spacial score (nSPS) is 30.6. The minimum atomic E-state index is -0.895. The number of fused-ring (bicyclic) bond motifs is 2. The van der Waals surface area contributed by atoms with E-state index in [1.807, 2.05) is 19.1 Å². The number of hydrogen-bond donors (Lipinski definition) is 2. The number of aliphatic carboxylic acids is 1. The van der Waals surface area contributed by atoms with Crippen molar-refractivity contribution in [2.24, 2.45) is 23.7 Å². The second-order valence-electron chi connectivity index (χ2n) is 5.18. The van der Waals surface area contributed by atoms with Gasteiger partial charge in [-0.2, -0.15) is 0 Å². The first-order valence-electron chi connectivity index (χ1n) is 6.64. The highest BCUT2D eigenvalue weighted by Crippen LogP contribution is 2.48. The van der Waals surface area contributed by atoms with Gasteiger partial charge < -0.3 is 10.4 Å². The molecule has 106 valence electrons. The lowest BCUT2D eigenvalue weighted by molar-refractivity contribution is -0.146. The van der Waals surface area contributed by atoms with Gasteiger partial charge in [0.1, 0.15) is 5.01 Å². The van der Waals surface area contributed by atoms with Crippen LogP contribution in [0.25, 0.3) is 0 Å².